The van der Waals surface area contributed by atoms with Gasteiger partial charge in [0.1, 0.15) is 11.5 Å². The van der Waals surface area contributed by atoms with Gasteiger partial charge < -0.3 is 19.7 Å². The molecule has 2 aromatic carbocycles. The Kier molecular flexibility index (Phi) is 7.00. The van der Waals surface area contributed by atoms with Crippen molar-refractivity contribution in [1.29, 1.82) is 0 Å². The lowest BCUT2D eigenvalue weighted by Crippen LogP contribution is -2.25. The fourth-order valence-electron chi connectivity index (χ4n) is 2.91. The molecule has 0 saturated heterocycles. The topological polar surface area (TPSA) is 33.7 Å². The highest BCUT2D eigenvalue weighted by molar-refractivity contribution is 5.75. The number of nitrogens with one attached hydrogen (secondary N) is 1. The summed E-state index contributed by atoms with van der Waals surface area (Å²) in [7, 11) is 3.81. The smallest absolute Gasteiger partial charge is 0.143 e. The Morgan fingerprint density at radius 3 is 1.96 bits per heavy atom. The normalized spacial score (nSPS) is 11.2. The predicted molar refractivity (Wildman–Crippen MR) is 116 cm³/mol. The standard InChI is InChI=1S/C23H34N2O2/c1-15(2)24-20-11-9-18(13-22(20)27-17(5)6)19-10-12-21(23(14-19)26-8)25(7)16(3)4/h9-17,24H,1-8H3. The zero-order valence-electron chi connectivity index (χ0n) is 18.0. The average Bonchev–Trinajstić information content (AvgIpc) is 2.61. The summed E-state index contributed by atoms with van der Waals surface area (Å²) in [6.07, 6.45) is 0.115. The first kappa shape index (κ1) is 20.9. The maximum atomic E-state index is 6.06. The quantitative estimate of drug-likeness (QED) is 0.635. The molecule has 0 unspecified atom stereocenters. The molecular formula is C23H34N2O2. The number of methoxy groups -OCH3 is 1. The van der Waals surface area contributed by atoms with E-state index in [9.17, 15) is 0 Å². The number of ether oxygens (including phenoxy) is 2. The Labute approximate surface area is 164 Å². The van der Waals surface area contributed by atoms with Crippen LogP contribution in [0, 0.1) is 0 Å². The van der Waals surface area contributed by atoms with Gasteiger partial charge in [0.05, 0.1) is 24.6 Å². The van der Waals surface area contributed by atoms with E-state index in [-0.39, 0.29) is 6.10 Å². The second-order valence-corrected chi connectivity index (χ2v) is 7.77. The van der Waals surface area contributed by atoms with E-state index in [1.165, 1.54) is 0 Å². The summed E-state index contributed by atoms with van der Waals surface area (Å²) in [5.74, 6) is 1.75. The highest BCUT2D eigenvalue weighted by atomic mass is 16.5. The largest absolute Gasteiger partial charge is 0.495 e. The van der Waals surface area contributed by atoms with Crippen molar-refractivity contribution in [3.8, 4) is 22.6 Å². The molecule has 0 aliphatic heterocycles. The molecule has 148 valence electrons. The van der Waals surface area contributed by atoms with E-state index in [0.29, 0.717) is 12.1 Å². The van der Waals surface area contributed by atoms with Gasteiger partial charge in [0.25, 0.3) is 0 Å². The van der Waals surface area contributed by atoms with E-state index >= 15 is 0 Å². The molecule has 4 heteroatoms. The van der Waals surface area contributed by atoms with Gasteiger partial charge in [-0.1, -0.05) is 12.1 Å². The van der Waals surface area contributed by atoms with E-state index in [1.807, 2.05) is 13.8 Å². The van der Waals surface area contributed by atoms with Gasteiger partial charge in [0, 0.05) is 19.1 Å². The molecule has 27 heavy (non-hydrogen) atoms. The van der Waals surface area contributed by atoms with Gasteiger partial charge in [-0.25, -0.2) is 0 Å². The first-order valence-corrected chi connectivity index (χ1v) is 9.71. The third-order valence-electron chi connectivity index (χ3n) is 4.46. The van der Waals surface area contributed by atoms with Crippen molar-refractivity contribution in [3.05, 3.63) is 36.4 Å². The van der Waals surface area contributed by atoms with Crippen LogP contribution in [-0.4, -0.2) is 32.3 Å². The first-order valence-electron chi connectivity index (χ1n) is 9.71. The molecule has 2 rings (SSSR count). The van der Waals surface area contributed by atoms with E-state index in [1.54, 1.807) is 7.11 Å². The van der Waals surface area contributed by atoms with Crippen LogP contribution in [0.3, 0.4) is 0 Å². The van der Waals surface area contributed by atoms with Crippen molar-refractivity contribution in [2.45, 2.75) is 59.7 Å². The Morgan fingerprint density at radius 2 is 1.44 bits per heavy atom. The molecule has 0 atom stereocenters. The number of hydrogen-bond acceptors (Lipinski definition) is 4. The van der Waals surface area contributed by atoms with Gasteiger partial charge in [0.15, 0.2) is 0 Å². The zero-order chi connectivity index (χ0) is 20.1. The van der Waals surface area contributed by atoms with Crippen molar-refractivity contribution in [1.82, 2.24) is 0 Å². The molecule has 0 aromatic heterocycles. The molecule has 0 bridgehead atoms. The van der Waals surface area contributed by atoms with Crippen LogP contribution in [0.2, 0.25) is 0 Å². The SMILES string of the molecule is COc1cc(-c2ccc(NC(C)C)c(OC(C)C)c2)ccc1N(C)C(C)C. The van der Waals surface area contributed by atoms with Crippen LogP contribution < -0.4 is 19.7 Å². The van der Waals surface area contributed by atoms with Crippen molar-refractivity contribution in [2.75, 3.05) is 24.4 Å². The molecule has 0 aliphatic carbocycles. The summed E-state index contributed by atoms with van der Waals surface area (Å²) in [4.78, 5) is 2.21. The van der Waals surface area contributed by atoms with Crippen LogP contribution in [0.4, 0.5) is 11.4 Å². The minimum atomic E-state index is 0.115. The molecule has 2 aromatic rings. The predicted octanol–water partition coefficient (Wildman–Crippen LogP) is 5.81. The molecule has 0 spiro atoms. The van der Waals surface area contributed by atoms with Crippen LogP contribution in [0.5, 0.6) is 11.5 Å². The van der Waals surface area contributed by atoms with Crippen molar-refractivity contribution in [2.24, 2.45) is 0 Å². The lowest BCUT2D eigenvalue weighted by molar-refractivity contribution is 0.243. The lowest BCUT2D eigenvalue weighted by Gasteiger charge is -2.26. The van der Waals surface area contributed by atoms with Crippen molar-refractivity contribution >= 4 is 11.4 Å². The second kappa shape index (κ2) is 9.03. The average molecular weight is 371 g/mol. The molecular weight excluding hydrogens is 336 g/mol. The summed E-state index contributed by atoms with van der Waals surface area (Å²) >= 11 is 0. The van der Waals surface area contributed by atoms with Crippen LogP contribution in [0.25, 0.3) is 11.1 Å². The third-order valence-corrected chi connectivity index (χ3v) is 4.46. The fraction of sp³-hybridized carbons (Fsp3) is 0.478. The van der Waals surface area contributed by atoms with Gasteiger partial charge in [-0.3, -0.25) is 0 Å². The Morgan fingerprint density at radius 1 is 0.852 bits per heavy atom. The molecule has 4 nitrogen and oxygen atoms in total. The summed E-state index contributed by atoms with van der Waals surface area (Å²) < 4.78 is 11.7. The van der Waals surface area contributed by atoms with E-state index in [4.69, 9.17) is 9.47 Å². The van der Waals surface area contributed by atoms with Gasteiger partial charge in [-0.15, -0.1) is 0 Å². The molecule has 0 aliphatic rings. The maximum absolute atomic E-state index is 6.06. The first-order chi connectivity index (χ1) is 12.7. The Bertz CT molecular complexity index is 754. The van der Waals surface area contributed by atoms with Crippen molar-refractivity contribution < 1.29 is 9.47 Å². The van der Waals surface area contributed by atoms with Crippen LogP contribution >= 0.6 is 0 Å². The van der Waals surface area contributed by atoms with Gasteiger partial charge in [0.2, 0.25) is 0 Å². The van der Waals surface area contributed by atoms with E-state index in [0.717, 1.165) is 34.0 Å². The summed E-state index contributed by atoms with van der Waals surface area (Å²) in [5, 5.41) is 3.46. The zero-order valence-corrected chi connectivity index (χ0v) is 18.0. The maximum Gasteiger partial charge on any atom is 0.143 e. The summed E-state index contributed by atoms with van der Waals surface area (Å²) in [6, 6.07) is 13.4. The third kappa shape index (κ3) is 5.31. The summed E-state index contributed by atoms with van der Waals surface area (Å²) in [5.41, 5.74) is 4.33. The van der Waals surface area contributed by atoms with E-state index < -0.39 is 0 Å². The van der Waals surface area contributed by atoms with Crippen LogP contribution in [0.1, 0.15) is 41.5 Å². The molecule has 0 radical (unpaired) electrons. The summed E-state index contributed by atoms with van der Waals surface area (Å²) in [6.45, 7) is 12.7. The van der Waals surface area contributed by atoms with Gasteiger partial charge in [-0.2, -0.15) is 0 Å². The second-order valence-electron chi connectivity index (χ2n) is 7.77. The number of hydrogen-bond donors (Lipinski definition) is 1. The highest BCUT2D eigenvalue weighted by Crippen LogP contribution is 2.37. The number of anilines is 2. The molecule has 0 heterocycles. The molecule has 0 fully saturated rings. The van der Waals surface area contributed by atoms with Crippen LogP contribution in [0.15, 0.2) is 36.4 Å². The number of rotatable bonds is 8. The minimum Gasteiger partial charge on any atom is -0.495 e. The molecule has 0 saturated carbocycles. The fourth-order valence-corrected chi connectivity index (χ4v) is 2.91. The van der Waals surface area contributed by atoms with Crippen LogP contribution in [-0.2, 0) is 0 Å². The van der Waals surface area contributed by atoms with Gasteiger partial charge in [-0.05, 0) is 76.9 Å². The minimum absolute atomic E-state index is 0.115. The highest BCUT2D eigenvalue weighted by Gasteiger charge is 2.14. The monoisotopic (exact) mass is 370 g/mol. The lowest BCUT2D eigenvalue weighted by atomic mass is 10.0. The Hall–Kier alpha value is -2.36. The number of benzene rings is 2. The number of nitrogens with zero attached hydrogens (tertiary/aromatic N) is 1. The Balaban J connectivity index is 2.45. The van der Waals surface area contributed by atoms with Gasteiger partial charge >= 0.3 is 0 Å². The molecule has 1 N–H and O–H groups in total. The van der Waals surface area contributed by atoms with Crippen molar-refractivity contribution in [3.63, 3.8) is 0 Å². The molecule has 0 amide bonds. The van der Waals surface area contributed by atoms with E-state index in [2.05, 4.69) is 81.4 Å².